The number of amides is 4. The van der Waals surface area contributed by atoms with Crippen molar-refractivity contribution >= 4 is 40.1 Å². The van der Waals surface area contributed by atoms with E-state index in [1.165, 1.54) is 29.2 Å². The molecule has 0 aliphatic carbocycles. The fourth-order valence-electron chi connectivity index (χ4n) is 2.40. The molecule has 0 bridgehead atoms. The van der Waals surface area contributed by atoms with Crippen molar-refractivity contribution in [2.75, 3.05) is 4.90 Å². The third-order valence-corrected chi connectivity index (χ3v) is 3.45. The Labute approximate surface area is 137 Å². The molecule has 2 aliphatic rings. The van der Waals surface area contributed by atoms with Crippen LogP contribution in [0.15, 0.2) is 66.8 Å². The summed E-state index contributed by atoms with van der Waals surface area (Å²) in [6, 6.07) is 13.3. The van der Waals surface area contributed by atoms with Gasteiger partial charge in [-0.15, -0.1) is 0 Å². The van der Waals surface area contributed by atoms with E-state index in [1.54, 1.807) is 6.07 Å². The molecule has 0 spiro atoms. The number of hydrogen-bond acceptors (Lipinski definition) is 4. The third kappa shape index (κ3) is 2.98. The standard InChI is InChI=1S/C14H9NO2.C4H3NO2/c16-13-8-9-14(17)15(13)12-7-3-5-10-4-1-2-6-11(10)12;6-3-1-2-4(7)5-3/h1-9H;1-2H,(H,5,6,7). The van der Waals surface area contributed by atoms with E-state index in [2.05, 4.69) is 0 Å². The number of hydrogen-bond donors (Lipinski definition) is 1. The van der Waals surface area contributed by atoms with Crippen molar-refractivity contribution in [3.63, 3.8) is 0 Å². The SMILES string of the molecule is O=C1C=CC(=O)N1.O=C1C=CC(=O)N1c1cccc2ccccc12. The lowest BCUT2D eigenvalue weighted by Crippen LogP contribution is -2.29. The third-order valence-electron chi connectivity index (χ3n) is 3.45. The van der Waals surface area contributed by atoms with Crippen LogP contribution in [0.5, 0.6) is 0 Å². The van der Waals surface area contributed by atoms with E-state index < -0.39 is 0 Å². The van der Waals surface area contributed by atoms with E-state index in [4.69, 9.17) is 0 Å². The molecule has 2 aromatic carbocycles. The second kappa shape index (κ2) is 6.29. The highest BCUT2D eigenvalue weighted by Gasteiger charge is 2.26. The topological polar surface area (TPSA) is 83.5 Å². The summed E-state index contributed by atoms with van der Waals surface area (Å²) in [4.78, 5) is 44.6. The van der Waals surface area contributed by atoms with Crippen molar-refractivity contribution in [1.82, 2.24) is 5.32 Å². The Morgan fingerprint density at radius 1 is 0.667 bits per heavy atom. The number of imide groups is 2. The largest absolute Gasteiger partial charge is 0.289 e. The molecule has 4 rings (SSSR count). The van der Waals surface area contributed by atoms with Gasteiger partial charge in [0.15, 0.2) is 0 Å². The maximum Gasteiger partial charge on any atom is 0.258 e. The number of nitrogens with zero attached hydrogens (tertiary/aromatic N) is 1. The van der Waals surface area contributed by atoms with E-state index in [9.17, 15) is 19.2 Å². The van der Waals surface area contributed by atoms with Gasteiger partial charge in [0.2, 0.25) is 0 Å². The van der Waals surface area contributed by atoms with Crippen LogP contribution in [0.1, 0.15) is 0 Å². The zero-order chi connectivity index (χ0) is 17.1. The minimum atomic E-state index is -0.329. The molecule has 0 unspecified atom stereocenters. The highest BCUT2D eigenvalue weighted by molar-refractivity contribution is 6.30. The monoisotopic (exact) mass is 320 g/mol. The highest BCUT2D eigenvalue weighted by Crippen LogP contribution is 2.28. The highest BCUT2D eigenvalue weighted by atomic mass is 16.2. The van der Waals surface area contributed by atoms with E-state index in [1.807, 2.05) is 41.7 Å². The molecule has 0 atom stereocenters. The Balaban J connectivity index is 0.000000203. The average Bonchev–Trinajstić information content (AvgIpc) is 3.12. The number of benzene rings is 2. The first kappa shape index (κ1) is 15.4. The first-order valence-electron chi connectivity index (χ1n) is 7.13. The van der Waals surface area contributed by atoms with Crippen LogP contribution in [0.2, 0.25) is 0 Å². The zero-order valence-corrected chi connectivity index (χ0v) is 12.4. The minimum absolute atomic E-state index is 0.286. The van der Waals surface area contributed by atoms with Crippen LogP contribution in [0, 0.1) is 0 Å². The molecule has 2 heterocycles. The second-order valence-corrected chi connectivity index (χ2v) is 5.03. The lowest BCUT2D eigenvalue weighted by atomic mass is 10.1. The van der Waals surface area contributed by atoms with Crippen molar-refractivity contribution in [1.29, 1.82) is 0 Å². The van der Waals surface area contributed by atoms with Crippen LogP contribution in [0.4, 0.5) is 5.69 Å². The van der Waals surface area contributed by atoms with Crippen molar-refractivity contribution in [3.8, 4) is 0 Å². The Bertz CT molecular complexity index is 888. The Morgan fingerprint density at radius 2 is 1.25 bits per heavy atom. The quantitative estimate of drug-likeness (QED) is 0.807. The molecule has 0 radical (unpaired) electrons. The summed E-state index contributed by atoms with van der Waals surface area (Å²) < 4.78 is 0. The van der Waals surface area contributed by atoms with E-state index >= 15 is 0 Å². The number of carbonyl (C=O) groups is 4. The van der Waals surface area contributed by atoms with E-state index in [0.717, 1.165) is 10.8 Å². The maximum absolute atomic E-state index is 11.6. The smallest absolute Gasteiger partial charge is 0.258 e. The van der Waals surface area contributed by atoms with Gasteiger partial charge in [-0.05, 0) is 11.5 Å². The fraction of sp³-hybridized carbons (Fsp3) is 0. The number of fused-ring (bicyclic) bond motifs is 1. The van der Waals surface area contributed by atoms with Gasteiger partial charge in [0.25, 0.3) is 23.6 Å². The lowest BCUT2D eigenvalue weighted by molar-refractivity contribution is -0.124. The van der Waals surface area contributed by atoms with E-state index in [0.29, 0.717) is 5.69 Å². The molecule has 0 saturated carbocycles. The number of anilines is 1. The number of nitrogens with one attached hydrogen (secondary N) is 1. The summed E-state index contributed by atoms with van der Waals surface area (Å²) in [6.45, 7) is 0. The minimum Gasteiger partial charge on any atom is -0.289 e. The van der Waals surface area contributed by atoms with Crippen LogP contribution < -0.4 is 10.2 Å². The maximum atomic E-state index is 11.6. The molecule has 6 nitrogen and oxygen atoms in total. The van der Waals surface area contributed by atoms with Gasteiger partial charge in [0.05, 0.1) is 5.69 Å². The predicted octanol–water partition coefficient (Wildman–Crippen LogP) is 1.47. The summed E-state index contributed by atoms with van der Waals surface area (Å²) in [5.74, 6) is -1.23. The van der Waals surface area contributed by atoms with Gasteiger partial charge in [-0.3, -0.25) is 24.5 Å². The molecule has 2 aliphatic heterocycles. The molecule has 4 amide bonds. The van der Waals surface area contributed by atoms with Gasteiger partial charge in [-0.2, -0.15) is 0 Å². The van der Waals surface area contributed by atoms with Gasteiger partial charge in [0, 0.05) is 29.7 Å². The predicted molar refractivity (Wildman–Crippen MR) is 87.9 cm³/mol. The molecular weight excluding hydrogens is 308 g/mol. The van der Waals surface area contributed by atoms with Crippen LogP contribution in [0.3, 0.4) is 0 Å². The first-order valence-corrected chi connectivity index (χ1v) is 7.13. The summed E-state index contributed by atoms with van der Waals surface area (Å²) in [7, 11) is 0. The van der Waals surface area contributed by atoms with Crippen molar-refractivity contribution < 1.29 is 19.2 Å². The molecule has 1 N–H and O–H groups in total. The number of carbonyl (C=O) groups excluding carboxylic acids is 4. The summed E-state index contributed by atoms with van der Waals surface area (Å²) in [6.07, 6.45) is 4.98. The molecule has 0 aromatic heterocycles. The molecule has 2 aromatic rings. The molecular formula is C18H12N2O4. The second-order valence-electron chi connectivity index (χ2n) is 5.03. The first-order chi connectivity index (χ1) is 11.6. The van der Waals surface area contributed by atoms with E-state index in [-0.39, 0.29) is 23.6 Å². The summed E-state index contributed by atoms with van der Waals surface area (Å²) >= 11 is 0. The normalized spacial score (nSPS) is 15.8. The zero-order valence-electron chi connectivity index (χ0n) is 12.4. The van der Waals surface area contributed by atoms with Crippen LogP contribution in [0.25, 0.3) is 10.8 Å². The van der Waals surface area contributed by atoms with Gasteiger partial charge >= 0.3 is 0 Å². The van der Waals surface area contributed by atoms with Gasteiger partial charge in [0.1, 0.15) is 0 Å². The lowest BCUT2D eigenvalue weighted by Gasteiger charge is -2.16. The summed E-state index contributed by atoms with van der Waals surface area (Å²) in [5, 5.41) is 3.94. The summed E-state index contributed by atoms with van der Waals surface area (Å²) in [5.41, 5.74) is 0.642. The Morgan fingerprint density at radius 3 is 1.83 bits per heavy atom. The van der Waals surface area contributed by atoms with Gasteiger partial charge < -0.3 is 0 Å². The molecule has 0 fully saturated rings. The van der Waals surface area contributed by atoms with Crippen molar-refractivity contribution in [2.24, 2.45) is 0 Å². The Kier molecular flexibility index (Phi) is 4.03. The van der Waals surface area contributed by atoms with Crippen LogP contribution >= 0.6 is 0 Å². The fourth-order valence-corrected chi connectivity index (χ4v) is 2.40. The van der Waals surface area contributed by atoms with Crippen molar-refractivity contribution in [2.45, 2.75) is 0 Å². The van der Waals surface area contributed by atoms with Gasteiger partial charge in [-0.1, -0.05) is 36.4 Å². The van der Waals surface area contributed by atoms with Crippen LogP contribution in [-0.4, -0.2) is 23.6 Å². The molecule has 118 valence electrons. The molecule has 0 saturated heterocycles. The average molecular weight is 320 g/mol. The number of rotatable bonds is 1. The molecule has 6 heteroatoms. The van der Waals surface area contributed by atoms with Crippen molar-refractivity contribution in [3.05, 3.63) is 66.8 Å². The Hall–Kier alpha value is -3.54. The molecule has 24 heavy (non-hydrogen) atoms. The van der Waals surface area contributed by atoms with Gasteiger partial charge in [-0.25, -0.2) is 4.90 Å². The van der Waals surface area contributed by atoms with Crippen LogP contribution in [-0.2, 0) is 19.2 Å².